The molecule has 6 heteroatoms. The van der Waals surface area contributed by atoms with Crippen molar-refractivity contribution in [3.63, 3.8) is 0 Å². The largest absolute Gasteiger partial charge is 0.351 e. The fraction of sp³-hybridized carbons (Fsp3) is 0.438. The first kappa shape index (κ1) is 16.6. The molecule has 0 aliphatic carbocycles. The second-order valence-electron chi connectivity index (χ2n) is 5.44. The highest BCUT2D eigenvalue weighted by Crippen LogP contribution is 2.27. The van der Waals surface area contributed by atoms with Gasteiger partial charge in [-0.3, -0.25) is 9.78 Å². The SMILES string of the molecule is Cc1nc(-c2ccncc2)sc1C(=O)NCCCCN(C)C. The minimum atomic E-state index is -0.0276. The van der Waals surface area contributed by atoms with Gasteiger partial charge in [0, 0.05) is 24.5 Å². The third-order valence-electron chi connectivity index (χ3n) is 3.25. The number of carbonyl (C=O) groups is 1. The van der Waals surface area contributed by atoms with Crippen LogP contribution in [0, 0.1) is 6.92 Å². The first-order valence-corrected chi connectivity index (χ1v) is 8.20. The Morgan fingerprint density at radius 1 is 1.27 bits per heavy atom. The van der Waals surface area contributed by atoms with Crippen LogP contribution >= 0.6 is 11.3 Å². The van der Waals surface area contributed by atoms with E-state index in [9.17, 15) is 4.79 Å². The minimum Gasteiger partial charge on any atom is -0.351 e. The van der Waals surface area contributed by atoms with E-state index in [2.05, 4.69) is 34.3 Å². The summed E-state index contributed by atoms with van der Waals surface area (Å²) in [7, 11) is 4.11. The normalized spacial score (nSPS) is 10.9. The maximum atomic E-state index is 12.2. The van der Waals surface area contributed by atoms with E-state index in [1.54, 1.807) is 12.4 Å². The summed E-state index contributed by atoms with van der Waals surface area (Å²) in [5, 5.41) is 3.84. The molecule has 0 aromatic carbocycles. The van der Waals surface area contributed by atoms with Gasteiger partial charge in [0.1, 0.15) is 9.88 Å². The van der Waals surface area contributed by atoms with Crippen molar-refractivity contribution in [2.75, 3.05) is 27.2 Å². The van der Waals surface area contributed by atoms with Gasteiger partial charge < -0.3 is 10.2 Å². The Balaban J connectivity index is 1.92. The minimum absolute atomic E-state index is 0.0276. The van der Waals surface area contributed by atoms with Crippen molar-refractivity contribution in [2.24, 2.45) is 0 Å². The van der Waals surface area contributed by atoms with Gasteiger partial charge in [-0.2, -0.15) is 0 Å². The molecule has 0 radical (unpaired) electrons. The van der Waals surface area contributed by atoms with Crippen molar-refractivity contribution in [3.8, 4) is 10.6 Å². The van der Waals surface area contributed by atoms with Crippen LogP contribution in [0.2, 0.25) is 0 Å². The molecule has 22 heavy (non-hydrogen) atoms. The molecule has 1 amide bonds. The maximum absolute atomic E-state index is 12.2. The van der Waals surface area contributed by atoms with Crippen molar-refractivity contribution in [3.05, 3.63) is 35.1 Å². The highest BCUT2D eigenvalue weighted by Gasteiger charge is 2.15. The quantitative estimate of drug-likeness (QED) is 0.797. The molecule has 0 fully saturated rings. The predicted octanol–water partition coefficient (Wildman–Crippen LogP) is 2.59. The molecule has 2 aromatic heterocycles. The van der Waals surface area contributed by atoms with Crippen LogP contribution in [0.4, 0.5) is 0 Å². The molecule has 5 nitrogen and oxygen atoms in total. The molecule has 0 aliphatic heterocycles. The number of carbonyl (C=O) groups excluding carboxylic acids is 1. The van der Waals surface area contributed by atoms with Gasteiger partial charge in [-0.25, -0.2) is 4.98 Å². The zero-order valence-corrected chi connectivity index (χ0v) is 14.1. The lowest BCUT2D eigenvalue weighted by Crippen LogP contribution is -2.25. The number of amides is 1. The number of aryl methyl sites for hydroxylation is 1. The highest BCUT2D eigenvalue weighted by molar-refractivity contribution is 7.17. The van der Waals surface area contributed by atoms with Gasteiger partial charge in [-0.1, -0.05) is 0 Å². The standard InChI is InChI=1S/C16H22N4OS/c1-12-14(15(21)18-8-4-5-11-20(2)3)22-16(19-12)13-6-9-17-10-7-13/h6-7,9-10H,4-5,8,11H2,1-3H3,(H,18,21). The van der Waals surface area contributed by atoms with Crippen LogP contribution in [0.1, 0.15) is 28.2 Å². The fourth-order valence-electron chi connectivity index (χ4n) is 2.06. The summed E-state index contributed by atoms with van der Waals surface area (Å²) < 4.78 is 0. The van der Waals surface area contributed by atoms with Gasteiger partial charge >= 0.3 is 0 Å². The molecule has 0 atom stereocenters. The summed E-state index contributed by atoms with van der Waals surface area (Å²) >= 11 is 1.43. The molecule has 0 saturated carbocycles. The summed E-state index contributed by atoms with van der Waals surface area (Å²) in [6.07, 6.45) is 5.53. The number of nitrogens with zero attached hydrogens (tertiary/aromatic N) is 3. The zero-order valence-electron chi connectivity index (χ0n) is 13.3. The molecule has 0 saturated heterocycles. The van der Waals surface area contributed by atoms with Crippen LogP contribution in [-0.2, 0) is 0 Å². The average Bonchev–Trinajstić information content (AvgIpc) is 2.89. The zero-order chi connectivity index (χ0) is 15.9. The van der Waals surface area contributed by atoms with Gasteiger partial charge in [-0.15, -0.1) is 11.3 Å². The predicted molar refractivity (Wildman–Crippen MR) is 90.2 cm³/mol. The number of hydrogen-bond donors (Lipinski definition) is 1. The average molecular weight is 318 g/mol. The number of pyridine rings is 1. The van der Waals surface area contributed by atoms with E-state index in [0.717, 1.165) is 35.7 Å². The van der Waals surface area contributed by atoms with Crippen LogP contribution in [0.15, 0.2) is 24.5 Å². The Kier molecular flexibility index (Phi) is 6.03. The molecular weight excluding hydrogens is 296 g/mol. The molecule has 118 valence electrons. The smallest absolute Gasteiger partial charge is 0.263 e. The van der Waals surface area contributed by atoms with Crippen molar-refractivity contribution < 1.29 is 4.79 Å². The number of thiazole rings is 1. The summed E-state index contributed by atoms with van der Waals surface area (Å²) in [4.78, 5) is 23.6. The van der Waals surface area contributed by atoms with E-state index < -0.39 is 0 Å². The van der Waals surface area contributed by atoms with Crippen molar-refractivity contribution in [2.45, 2.75) is 19.8 Å². The van der Waals surface area contributed by atoms with Crippen molar-refractivity contribution in [1.82, 2.24) is 20.2 Å². The van der Waals surface area contributed by atoms with Crippen LogP contribution < -0.4 is 5.32 Å². The first-order valence-electron chi connectivity index (χ1n) is 7.38. The summed E-state index contributed by atoms with van der Waals surface area (Å²) in [6, 6.07) is 3.81. The molecule has 2 rings (SSSR count). The molecule has 2 aromatic rings. The van der Waals surface area contributed by atoms with E-state index in [-0.39, 0.29) is 5.91 Å². The molecule has 0 unspecified atom stereocenters. The summed E-state index contributed by atoms with van der Waals surface area (Å²) in [5.41, 5.74) is 1.77. The highest BCUT2D eigenvalue weighted by atomic mass is 32.1. The number of hydrogen-bond acceptors (Lipinski definition) is 5. The summed E-state index contributed by atoms with van der Waals surface area (Å²) in [6.45, 7) is 3.62. The topological polar surface area (TPSA) is 58.1 Å². The lowest BCUT2D eigenvalue weighted by molar-refractivity contribution is 0.0956. The lowest BCUT2D eigenvalue weighted by Gasteiger charge is -2.09. The maximum Gasteiger partial charge on any atom is 0.263 e. The number of unbranched alkanes of at least 4 members (excludes halogenated alkanes) is 1. The van der Waals surface area contributed by atoms with E-state index in [1.165, 1.54) is 11.3 Å². The molecular formula is C16H22N4OS. The Labute approximate surface area is 135 Å². The van der Waals surface area contributed by atoms with Crippen LogP contribution in [0.3, 0.4) is 0 Å². The van der Waals surface area contributed by atoms with Crippen LogP contribution in [-0.4, -0.2) is 48.0 Å². The van der Waals surface area contributed by atoms with Crippen molar-refractivity contribution >= 4 is 17.2 Å². The van der Waals surface area contributed by atoms with Crippen LogP contribution in [0.5, 0.6) is 0 Å². The summed E-state index contributed by atoms with van der Waals surface area (Å²) in [5.74, 6) is -0.0276. The molecule has 2 heterocycles. The van der Waals surface area contributed by atoms with Gasteiger partial charge in [0.05, 0.1) is 5.69 Å². The molecule has 0 aliphatic rings. The third-order valence-corrected chi connectivity index (χ3v) is 4.45. The third kappa shape index (κ3) is 4.61. The number of rotatable bonds is 7. The van der Waals surface area contributed by atoms with Gasteiger partial charge in [0.2, 0.25) is 0 Å². The van der Waals surface area contributed by atoms with Gasteiger partial charge in [0.15, 0.2) is 0 Å². The Hall–Kier alpha value is -1.79. The first-order chi connectivity index (χ1) is 10.6. The lowest BCUT2D eigenvalue weighted by atomic mass is 10.3. The van der Waals surface area contributed by atoms with E-state index in [1.807, 2.05) is 19.1 Å². The van der Waals surface area contributed by atoms with E-state index >= 15 is 0 Å². The Morgan fingerprint density at radius 3 is 2.68 bits per heavy atom. The molecule has 1 N–H and O–H groups in total. The number of aromatic nitrogens is 2. The second kappa shape index (κ2) is 8.00. The van der Waals surface area contributed by atoms with E-state index in [0.29, 0.717) is 11.4 Å². The fourth-order valence-corrected chi connectivity index (χ4v) is 3.05. The molecule has 0 spiro atoms. The number of nitrogens with one attached hydrogen (secondary N) is 1. The Morgan fingerprint density at radius 2 is 2.00 bits per heavy atom. The van der Waals surface area contributed by atoms with Gasteiger partial charge in [0.25, 0.3) is 5.91 Å². The van der Waals surface area contributed by atoms with E-state index in [4.69, 9.17) is 0 Å². The second-order valence-corrected chi connectivity index (χ2v) is 6.43. The van der Waals surface area contributed by atoms with Crippen LogP contribution in [0.25, 0.3) is 10.6 Å². The van der Waals surface area contributed by atoms with Gasteiger partial charge in [-0.05, 0) is 52.5 Å². The molecule has 0 bridgehead atoms. The Bertz CT molecular complexity index is 610. The van der Waals surface area contributed by atoms with Crippen molar-refractivity contribution in [1.29, 1.82) is 0 Å². The monoisotopic (exact) mass is 318 g/mol.